The first-order valence-corrected chi connectivity index (χ1v) is 9.65. The van der Waals surface area contributed by atoms with Crippen LogP contribution >= 0.6 is 0 Å². The Morgan fingerprint density at radius 1 is 0.875 bits per heavy atom. The first kappa shape index (κ1) is 16.8. The second-order valence-electron chi connectivity index (χ2n) is 7.55. The molecule has 136 valence electrons. The maximum Gasteiger partial charge on any atom is 0.243 e. The van der Waals surface area contributed by atoms with Crippen molar-refractivity contribution in [1.29, 1.82) is 0 Å². The van der Waals surface area contributed by atoms with E-state index in [1.54, 1.807) is 0 Å². The van der Waals surface area contributed by atoms with Crippen LogP contribution in [0, 0.1) is 0 Å². The summed E-state index contributed by atoms with van der Waals surface area (Å²) in [4.78, 5) is 18.0. The number of ether oxygens (including phenoxy) is 3. The summed E-state index contributed by atoms with van der Waals surface area (Å²) in [5.41, 5.74) is -0.289. The van der Waals surface area contributed by atoms with Gasteiger partial charge in [0.25, 0.3) is 0 Å². The molecule has 0 N–H and O–H groups in total. The summed E-state index contributed by atoms with van der Waals surface area (Å²) in [6, 6.07) is 0. The molecule has 2 atom stereocenters. The van der Waals surface area contributed by atoms with Gasteiger partial charge in [-0.15, -0.1) is 0 Å². The summed E-state index contributed by atoms with van der Waals surface area (Å²) in [6.45, 7) is 6.12. The predicted molar refractivity (Wildman–Crippen MR) is 88.9 cm³/mol. The molecule has 0 spiro atoms. The van der Waals surface area contributed by atoms with E-state index in [-0.39, 0.29) is 17.7 Å². The van der Waals surface area contributed by atoms with Gasteiger partial charge in [-0.1, -0.05) is 12.8 Å². The molecule has 4 rings (SSSR count). The first-order valence-electron chi connectivity index (χ1n) is 9.65. The fraction of sp³-hybridized carbons (Fsp3) is 0.944. The Morgan fingerprint density at radius 3 is 2.33 bits per heavy atom. The van der Waals surface area contributed by atoms with Crippen molar-refractivity contribution in [2.75, 3.05) is 52.6 Å². The number of hydrogen-bond acceptors (Lipinski definition) is 5. The third-order valence-electron chi connectivity index (χ3n) is 6.21. The molecule has 1 saturated carbocycles. The van der Waals surface area contributed by atoms with Crippen molar-refractivity contribution in [3.63, 3.8) is 0 Å². The minimum atomic E-state index is -0.289. The third-order valence-corrected chi connectivity index (χ3v) is 6.21. The maximum atomic E-state index is 13.5. The van der Waals surface area contributed by atoms with Gasteiger partial charge in [0.2, 0.25) is 5.91 Å². The Balaban J connectivity index is 1.47. The van der Waals surface area contributed by atoms with Crippen LogP contribution in [0.3, 0.4) is 0 Å². The number of carbonyl (C=O) groups excluding carboxylic acids is 1. The number of hydrogen-bond donors (Lipinski definition) is 0. The third kappa shape index (κ3) is 3.09. The van der Waals surface area contributed by atoms with Crippen LogP contribution in [0.2, 0.25) is 0 Å². The van der Waals surface area contributed by atoms with Gasteiger partial charge in [0.05, 0.1) is 25.9 Å². The van der Waals surface area contributed by atoms with Gasteiger partial charge in [0.15, 0.2) is 0 Å². The molecule has 0 bridgehead atoms. The normalized spacial score (nSPS) is 34.6. The smallest absolute Gasteiger partial charge is 0.243 e. The van der Waals surface area contributed by atoms with Gasteiger partial charge in [0, 0.05) is 32.8 Å². The fourth-order valence-electron chi connectivity index (χ4n) is 4.89. The standard InChI is InChI=1S/C18H30N2O4/c21-17(18(5-1-2-6-18)20-8-11-22-12-9-20)19-7-13-24-16(14-19)15-4-3-10-23-15/h15-16H,1-14H2. The van der Waals surface area contributed by atoms with E-state index < -0.39 is 0 Å². The zero-order chi connectivity index (χ0) is 16.4. The van der Waals surface area contributed by atoms with Crippen LogP contribution in [0.5, 0.6) is 0 Å². The highest BCUT2D eigenvalue weighted by Crippen LogP contribution is 2.38. The van der Waals surface area contributed by atoms with E-state index >= 15 is 0 Å². The summed E-state index contributed by atoms with van der Waals surface area (Å²) >= 11 is 0. The van der Waals surface area contributed by atoms with Gasteiger partial charge in [-0.25, -0.2) is 0 Å². The molecule has 0 aromatic rings. The van der Waals surface area contributed by atoms with Crippen LogP contribution in [0.25, 0.3) is 0 Å². The summed E-state index contributed by atoms with van der Waals surface area (Å²) in [7, 11) is 0. The molecular weight excluding hydrogens is 308 g/mol. The molecule has 24 heavy (non-hydrogen) atoms. The number of morpholine rings is 2. The number of carbonyl (C=O) groups is 1. The largest absolute Gasteiger partial charge is 0.379 e. The molecule has 3 saturated heterocycles. The van der Waals surface area contributed by atoms with Crippen LogP contribution in [0.1, 0.15) is 38.5 Å². The van der Waals surface area contributed by atoms with Gasteiger partial charge in [-0.2, -0.15) is 0 Å². The van der Waals surface area contributed by atoms with E-state index in [0.29, 0.717) is 25.6 Å². The number of rotatable bonds is 3. The van der Waals surface area contributed by atoms with E-state index in [0.717, 1.165) is 71.4 Å². The molecule has 4 aliphatic rings. The van der Waals surface area contributed by atoms with E-state index in [2.05, 4.69) is 9.80 Å². The van der Waals surface area contributed by atoms with Crippen LogP contribution in [-0.2, 0) is 19.0 Å². The second-order valence-corrected chi connectivity index (χ2v) is 7.55. The van der Waals surface area contributed by atoms with Crippen LogP contribution in [0.4, 0.5) is 0 Å². The molecule has 3 aliphatic heterocycles. The molecule has 0 aromatic heterocycles. The minimum Gasteiger partial charge on any atom is -0.379 e. The first-order chi connectivity index (χ1) is 11.8. The van der Waals surface area contributed by atoms with Gasteiger partial charge < -0.3 is 19.1 Å². The van der Waals surface area contributed by atoms with Crippen molar-refractivity contribution in [3.8, 4) is 0 Å². The van der Waals surface area contributed by atoms with Gasteiger partial charge in [-0.3, -0.25) is 9.69 Å². The Morgan fingerprint density at radius 2 is 1.62 bits per heavy atom. The highest BCUT2D eigenvalue weighted by atomic mass is 16.5. The van der Waals surface area contributed by atoms with E-state index in [4.69, 9.17) is 14.2 Å². The second kappa shape index (κ2) is 7.28. The zero-order valence-electron chi connectivity index (χ0n) is 14.6. The van der Waals surface area contributed by atoms with Gasteiger partial charge >= 0.3 is 0 Å². The highest BCUT2D eigenvalue weighted by Gasteiger charge is 2.49. The Bertz CT molecular complexity index is 440. The molecule has 0 aromatic carbocycles. The number of nitrogens with zero attached hydrogens (tertiary/aromatic N) is 2. The Kier molecular flexibility index (Phi) is 5.08. The monoisotopic (exact) mass is 338 g/mol. The molecule has 1 amide bonds. The lowest BCUT2D eigenvalue weighted by molar-refractivity contribution is -0.159. The molecule has 6 heteroatoms. The molecule has 6 nitrogen and oxygen atoms in total. The minimum absolute atomic E-state index is 0.0494. The van der Waals surface area contributed by atoms with Gasteiger partial charge in [-0.05, 0) is 25.7 Å². The topological polar surface area (TPSA) is 51.2 Å². The lowest BCUT2D eigenvalue weighted by Crippen LogP contribution is -2.63. The SMILES string of the molecule is O=C(N1CCOC(C2CCCO2)C1)C1(N2CCOCC2)CCCC1. The van der Waals surface area contributed by atoms with Crippen molar-refractivity contribution in [2.24, 2.45) is 0 Å². The average molecular weight is 338 g/mol. The van der Waals surface area contributed by atoms with Crippen molar-refractivity contribution < 1.29 is 19.0 Å². The van der Waals surface area contributed by atoms with Crippen molar-refractivity contribution >= 4 is 5.91 Å². The fourth-order valence-corrected chi connectivity index (χ4v) is 4.89. The molecular formula is C18H30N2O4. The lowest BCUT2D eigenvalue weighted by atomic mass is 9.91. The average Bonchev–Trinajstić information content (AvgIpc) is 3.34. The molecule has 4 fully saturated rings. The maximum absolute atomic E-state index is 13.5. The lowest BCUT2D eigenvalue weighted by Gasteiger charge is -2.46. The Labute approximate surface area is 144 Å². The predicted octanol–water partition coefficient (Wildman–Crippen LogP) is 1.04. The zero-order valence-corrected chi connectivity index (χ0v) is 14.6. The van der Waals surface area contributed by atoms with Crippen molar-refractivity contribution in [1.82, 2.24) is 9.80 Å². The van der Waals surface area contributed by atoms with Crippen molar-refractivity contribution in [2.45, 2.75) is 56.3 Å². The van der Waals surface area contributed by atoms with E-state index in [1.165, 1.54) is 0 Å². The van der Waals surface area contributed by atoms with Crippen molar-refractivity contribution in [3.05, 3.63) is 0 Å². The van der Waals surface area contributed by atoms with E-state index in [9.17, 15) is 4.79 Å². The number of amides is 1. The summed E-state index contributed by atoms with van der Waals surface area (Å²) in [5, 5.41) is 0. The van der Waals surface area contributed by atoms with Crippen LogP contribution < -0.4 is 0 Å². The van der Waals surface area contributed by atoms with Crippen LogP contribution in [-0.4, -0.2) is 86.1 Å². The quantitative estimate of drug-likeness (QED) is 0.770. The summed E-state index contributed by atoms with van der Waals surface area (Å²) < 4.78 is 17.2. The summed E-state index contributed by atoms with van der Waals surface area (Å²) in [5.74, 6) is 0.327. The molecule has 0 radical (unpaired) electrons. The highest BCUT2D eigenvalue weighted by molar-refractivity contribution is 5.87. The van der Waals surface area contributed by atoms with Crippen LogP contribution in [0.15, 0.2) is 0 Å². The molecule has 2 unspecified atom stereocenters. The van der Waals surface area contributed by atoms with E-state index in [1.807, 2.05) is 0 Å². The Hall–Kier alpha value is -0.690. The summed E-state index contributed by atoms with van der Waals surface area (Å²) in [6.07, 6.45) is 6.68. The molecule has 1 aliphatic carbocycles. The molecule has 3 heterocycles. The van der Waals surface area contributed by atoms with Gasteiger partial charge in [0.1, 0.15) is 11.6 Å².